The lowest BCUT2D eigenvalue weighted by Gasteiger charge is -2.13. The van der Waals surface area contributed by atoms with Crippen LogP contribution in [0.5, 0.6) is 5.75 Å². The molecule has 140 valence electrons. The van der Waals surface area contributed by atoms with Crippen LogP contribution >= 0.6 is 15.9 Å². The van der Waals surface area contributed by atoms with Crippen LogP contribution in [0.25, 0.3) is 10.9 Å². The molecule has 0 radical (unpaired) electrons. The first-order valence-corrected chi connectivity index (χ1v) is 9.51. The largest absolute Gasteiger partial charge is 0.508 e. The van der Waals surface area contributed by atoms with Crippen molar-refractivity contribution >= 4 is 38.7 Å². The van der Waals surface area contributed by atoms with Crippen molar-refractivity contribution in [2.24, 2.45) is 0 Å². The van der Waals surface area contributed by atoms with Gasteiger partial charge in [0.1, 0.15) is 5.75 Å². The molecule has 0 spiro atoms. The molecule has 2 N–H and O–H groups in total. The second-order valence-corrected chi connectivity index (χ2v) is 7.44. The van der Waals surface area contributed by atoms with Crippen LogP contribution in [0.4, 0.5) is 0 Å². The standard InChI is InChI=1S/C21H20BrNO4/c1-3-4-16(21(26)27)19-12(2)23(18-10-9-15(24)11-17(18)19)20(25)13-5-7-14(22)8-6-13/h5-11,16,24H,3-4H2,1-2H3,(H,26,27). The zero-order valence-corrected chi connectivity index (χ0v) is 16.7. The third-order valence-corrected chi connectivity index (χ3v) is 5.28. The summed E-state index contributed by atoms with van der Waals surface area (Å²) in [5, 5.41) is 20.3. The Morgan fingerprint density at radius 2 is 1.81 bits per heavy atom. The first-order valence-electron chi connectivity index (χ1n) is 8.72. The monoisotopic (exact) mass is 429 g/mol. The molecule has 0 aliphatic heterocycles. The normalized spacial score (nSPS) is 12.3. The van der Waals surface area contributed by atoms with E-state index in [9.17, 15) is 19.8 Å². The molecule has 1 atom stereocenters. The SMILES string of the molecule is CCCC(C(=O)O)c1c(C)n(C(=O)c2ccc(Br)cc2)c2ccc(O)cc12. The van der Waals surface area contributed by atoms with Crippen LogP contribution in [0.3, 0.4) is 0 Å². The van der Waals surface area contributed by atoms with Crippen LogP contribution in [0.2, 0.25) is 0 Å². The van der Waals surface area contributed by atoms with Crippen molar-refractivity contribution in [3.63, 3.8) is 0 Å². The number of benzene rings is 2. The smallest absolute Gasteiger partial charge is 0.311 e. The zero-order chi connectivity index (χ0) is 19.7. The number of carboxylic acids is 1. The minimum atomic E-state index is -0.932. The van der Waals surface area contributed by atoms with E-state index in [1.165, 1.54) is 12.1 Å². The highest BCUT2D eigenvalue weighted by Crippen LogP contribution is 2.36. The molecule has 1 aromatic heterocycles. The molecule has 0 fully saturated rings. The Morgan fingerprint density at radius 1 is 1.15 bits per heavy atom. The topological polar surface area (TPSA) is 79.5 Å². The third-order valence-electron chi connectivity index (χ3n) is 4.75. The molecule has 3 aromatic rings. The van der Waals surface area contributed by atoms with E-state index >= 15 is 0 Å². The van der Waals surface area contributed by atoms with Gasteiger partial charge in [-0.25, -0.2) is 0 Å². The van der Waals surface area contributed by atoms with Crippen LogP contribution in [0, 0.1) is 6.92 Å². The van der Waals surface area contributed by atoms with Crippen molar-refractivity contribution in [2.75, 3.05) is 0 Å². The van der Waals surface area contributed by atoms with Crippen LogP contribution in [-0.2, 0) is 4.79 Å². The molecule has 0 amide bonds. The van der Waals surface area contributed by atoms with E-state index < -0.39 is 11.9 Å². The molecule has 2 aromatic carbocycles. The Morgan fingerprint density at radius 3 is 2.41 bits per heavy atom. The number of phenolic OH excluding ortho intramolecular Hbond substituents is 1. The number of hydrogen-bond acceptors (Lipinski definition) is 3. The van der Waals surface area contributed by atoms with Gasteiger partial charge in [0.25, 0.3) is 5.91 Å². The highest BCUT2D eigenvalue weighted by molar-refractivity contribution is 9.10. The van der Waals surface area contributed by atoms with Crippen molar-refractivity contribution in [1.82, 2.24) is 4.57 Å². The summed E-state index contributed by atoms with van der Waals surface area (Å²) in [6, 6.07) is 11.7. The first-order chi connectivity index (χ1) is 12.8. The quantitative estimate of drug-likeness (QED) is 0.592. The Bertz CT molecular complexity index is 1020. The van der Waals surface area contributed by atoms with Crippen molar-refractivity contribution in [1.29, 1.82) is 0 Å². The average Bonchev–Trinajstić information content (AvgIpc) is 2.90. The summed E-state index contributed by atoms with van der Waals surface area (Å²) < 4.78 is 2.41. The second kappa shape index (κ2) is 7.56. The van der Waals surface area contributed by atoms with Gasteiger partial charge < -0.3 is 10.2 Å². The van der Waals surface area contributed by atoms with Gasteiger partial charge in [0.05, 0.1) is 11.4 Å². The van der Waals surface area contributed by atoms with Crippen molar-refractivity contribution in [3.05, 3.63) is 63.8 Å². The summed E-state index contributed by atoms with van der Waals surface area (Å²) >= 11 is 3.36. The number of phenols is 1. The summed E-state index contributed by atoms with van der Waals surface area (Å²) in [6.07, 6.45) is 1.15. The van der Waals surface area contributed by atoms with Crippen molar-refractivity contribution < 1.29 is 19.8 Å². The maximum Gasteiger partial charge on any atom is 0.311 e. The Balaban J connectivity index is 2.27. The molecule has 1 unspecified atom stereocenters. The van der Waals surface area contributed by atoms with Gasteiger partial charge in [0.15, 0.2) is 0 Å². The Hall–Kier alpha value is -2.60. The van der Waals surface area contributed by atoms with Gasteiger partial charge in [-0.05, 0) is 61.4 Å². The van der Waals surface area contributed by atoms with Gasteiger partial charge in [-0.2, -0.15) is 0 Å². The van der Waals surface area contributed by atoms with Crippen LogP contribution in [0.1, 0.15) is 47.3 Å². The highest BCUT2D eigenvalue weighted by Gasteiger charge is 2.28. The van der Waals surface area contributed by atoms with Crippen LogP contribution in [0.15, 0.2) is 46.9 Å². The lowest BCUT2D eigenvalue weighted by atomic mass is 9.92. The number of nitrogens with zero attached hydrogens (tertiary/aromatic N) is 1. The number of carboxylic acid groups (broad SMARTS) is 1. The van der Waals surface area contributed by atoms with Gasteiger partial charge in [-0.3, -0.25) is 14.2 Å². The second-order valence-electron chi connectivity index (χ2n) is 6.53. The van der Waals surface area contributed by atoms with Gasteiger partial charge >= 0.3 is 5.97 Å². The molecule has 27 heavy (non-hydrogen) atoms. The number of fused-ring (bicyclic) bond motifs is 1. The van der Waals surface area contributed by atoms with E-state index in [-0.39, 0.29) is 11.7 Å². The molecule has 6 heteroatoms. The first kappa shape index (κ1) is 19.2. The molecule has 0 aliphatic carbocycles. The molecule has 0 saturated carbocycles. The Kier molecular flexibility index (Phi) is 5.37. The molecule has 0 saturated heterocycles. The maximum absolute atomic E-state index is 13.2. The molecular formula is C21H20BrNO4. The van der Waals surface area contributed by atoms with Gasteiger partial charge in [0, 0.05) is 21.1 Å². The predicted molar refractivity (Wildman–Crippen MR) is 107 cm³/mol. The van der Waals surface area contributed by atoms with Crippen LogP contribution in [-0.4, -0.2) is 26.7 Å². The molecule has 5 nitrogen and oxygen atoms in total. The van der Waals surface area contributed by atoms with E-state index in [0.717, 1.165) is 4.47 Å². The fourth-order valence-corrected chi connectivity index (χ4v) is 3.80. The van der Waals surface area contributed by atoms with Gasteiger partial charge in [-0.15, -0.1) is 0 Å². The molecule has 0 bridgehead atoms. The summed E-state index contributed by atoms with van der Waals surface area (Å²) in [7, 11) is 0. The van der Waals surface area contributed by atoms with Crippen molar-refractivity contribution in [2.45, 2.75) is 32.6 Å². The zero-order valence-electron chi connectivity index (χ0n) is 15.1. The fourth-order valence-electron chi connectivity index (χ4n) is 3.53. The van der Waals surface area contributed by atoms with E-state index in [0.29, 0.717) is 40.6 Å². The lowest BCUT2D eigenvalue weighted by Crippen LogP contribution is -2.16. The van der Waals surface area contributed by atoms with E-state index in [1.54, 1.807) is 41.8 Å². The van der Waals surface area contributed by atoms with Gasteiger partial charge in [0.2, 0.25) is 0 Å². The molecule has 1 heterocycles. The number of hydrogen-bond donors (Lipinski definition) is 2. The number of aliphatic carboxylic acids is 1. The predicted octanol–water partition coefficient (Wildman–Crippen LogP) is 5.07. The highest BCUT2D eigenvalue weighted by atomic mass is 79.9. The number of aromatic nitrogens is 1. The van der Waals surface area contributed by atoms with E-state index in [4.69, 9.17) is 0 Å². The maximum atomic E-state index is 13.2. The number of halogens is 1. The van der Waals surface area contributed by atoms with E-state index in [2.05, 4.69) is 15.9 Å². The lowest BCUT2D eigenvalue weighted by molar-refractivity contribution is -0.139. The Labute approximate surface area is 165 Å². The molecule has 3 rings (SSSR count). The fraction of sp³-hybridized carbons (Fsp3) is 0.238. The summed E-state index contributed by atoms with van der Waals surface area (Å²) in [5.41, 5.74) is 2.26. The van der Waals surface area contributed by atoms with E-state index in [1.807, 2.05) is 6.92 Å². The molecular weight excluding hydrogens is 410 g/mol. The number of rotatable bonds is 5. The summed E-state index contributed by atoms with van der Waals surface area (Å²) in [4.78, 5) is 25.1. The van der Waals surface area contributed by atoms with Gasteiger partial charge in [-0.1, -0.05) is 29.3 Å². The minimum Gasteiger partial charge on any atom is -0.508 e. The minimum absolute atomic E-state index is 0.0395. The third kappa shape index (κ3) is 3.49. The number of aromatic hydroxyl groups is 1. The van der Waals surface area contributed by atoms with Crippen LogP contribution < -0.4 is 0 Å². The number of carbonyl (C=O) groups excluding carboxylic acids is 1. The van der Waals surface area contributed by atoms with Crippen molar-refractivity contribution in [3.8, 4) is 5.75 Å². The molecule has 0 aliphatic rings. The summed E-state index contributed by atoms with van der Waals surface area (Å²) in [6.45, 7) is 3.68. The average molecular weight is 430 g/mol. The summed E-state index contributed by atoms with van der Waals surface area (Å²) in [5.74, 6) is -1.86. The number of carbonyl (C=O) groups is 2.